The second-order valence-corrected chi connectivity index (χ2v) is 5.74. The Labute approximate surface area is 153 Å². The minimum Gasteiger partial charge on any atom is -0.497 e. The Morgan fingerprint density at radius 2 is 2.00 bits per heavy atom. The molecule has 0 bridgehead atoms. The molecule has 0 N–H and O–H groups in total. The fraction of sp³-hybridized carbons (Fsp3) is 0.158. The van der Waals surface area contributed by atoms with Gasteiger partial charge in [0.2, 0.25) is 0 Å². The third-order valence-electron chi connectivity index (χ3n) is 4.12. The molecule has 0 unspecified atom stereocenters. The van der Waals surface area contributed by atoms with Gasteiger partial charge in [0.25, 0.3) is 5.69 Å². The number of hydrogen-bond donors (Lipinski definition) is 0. The minimum atomic E-state index is -0.717. The Bertz CT molecular complexity index is 1100. The number of rotatable bonds is 5. The fourth-order valence-electron chi connectivity index (χ4n) is 2.72. The lowest BCUT2D eigenvalue weighted by Gasteiger charge is -2.09. The normalized spacial score (nSPS) is 10.6. The van der Waals surface area contributed by atoms with E-state index in [0.29, 0.717) is 22.3 Å². The van der Waals surface area contributed by atoms with Gasteiger partial charge in [-0.2, -0.15) is 0 Å². The van der Waals surface area contributed by atoms with Crippen LogP contribution in [0, 0.1) is 17.0 Å². The molecule has 0 spiro atoms. The standard InChI is InChI=1S/C19H15NO7/c1-11-14(4-3-5-16(11)20(23)24)19(22)26-10-12-8-18(21)27-17-9-13(25-2)6-7-15(12)17/h3-9H,10H2,1-2H3. The lowest BCUT2D eigenvalue weighted by atomic mass is 10.1. The molecule has 8 nitrogen and oxygen atoms in total. The van der Waals surface area contributed by atoms with E-state index in [9.17, 15) is 19.7 Å². The second kappa shape index (κ2) is 7.28. The van der Waals surface area contributed by atoms with Crippen LogP contribution in [0.4, 0.5) is 5.69 Å². The van der Waals surface area contributed by atoms with Gasteiger partial charge in [-0.1, -0.05) is 6.07 Å². The van der Waals surface area contributed by atoms with E-state index in [1.54, 1.807) is 18.2 Å². The average Bonchev–Trinajstić information content (AvgIpc) is 2.65. The van der Waals surface area contributed by atoms with Crippen LogP contribution < -0.4 is 10.4 Å². The highest BCUT2D eigenvalue weighted by atomic mass is 16.6. The number of carbonyl (C=O) groups excluding carboxylic acids is 1. The summed E-state index contributed by atoms with van der Waals surface area (Å²) in [7, 11) is 1.49. The molecule has 8 heteroatoms. The second-order valence-electron chi connectivity index (χ2n) is 5.74. The van der Waals surface area contributed by atoms with Crippen LogP contribution >= 0.6 is 0 Å². The van der Waals surface area contributed by atoms with Crippen molar-refractivity contribution in [1.29, 1.82) is 0 Å². The molecule has 0 amide bonds. The van der Waals surface area contributed by atoms with Crippen LogP contribution in [-0.2, 0) is 11.3 Å². The van der Waals surface area contributed by atoms with Crippen molar-refractivity contribution in [2.24, 2.45) is 0 Å². The van der Waals surface area contributed by atoms with Gasteiger partial charge in [-0.05, 0) is 25.1 Å². The molecule has 27 heavy (non-hydrogen) atoms. The summed E-state index contributed by atoms with van der Waals surface area (Å²) in [4.78, 5) is 34.6. The van der Waals surface area contributed by atoms with E-state index in [0.717, 1.165) is 0 Å². The first-order chi connectivity index (χ1) is 12.9. The zero-order valence-corrected chi connectivity index (χ0v) is 14.6. The molecule has 0 radical (unpaired) electrons. The van der Waals surface area contributed by atoms with E-state index in [1.165, 1.54) is 38.3 Å². The van der Waals surface area contributed by atoms with Crippen LogP contribution in [0.3, 0.4) is 0 Å². The number of ether oxygens (including phenoxy) is 2. The third kappa shape index (κ3) is 3.64. The first-order valence-corrected chi connectivity index (χ1v) is 7.92. The zero-order valence-electron chi connectivity index (χ0n) is 14.6. The van der Waals surface area contributed by atoms with Gasteiger partial charge in [-0.3, -0.25) is 10.1 Å². The Balaban J connectivity index is 1.89. The Kier molecular flexibility index (Phi) is 4.89. The summed E-state index contributed by atoms with van der Waals surface area (Å²) in [5, 5.41) is 11.6. The van der Waals surface area contributed by atoms with Crippen LogP contribution in [0.2, 0.25) is 0 Å². The molecule has 0 saturated heterocycles. The van der Waals surface area contributed by atoms with E-state index in [-0.39, 0.29) is 23.4 Å². The van der Waals surface area contributed by atoms with Crippen LogP contribution in [0.5, 0.6) is 5.75 Å². The van der Waals surface area contributed by atoms with E-state index >= 15 is 0 Å². The topological polar surface area (TPSA) is 109 Å². The number of fused-ring (bicyclic) bond motifs is 1. The maximum Gasteiger partial charge on any atom is 0.338 e. The molecule has 0 fully saturated rings. The monoisotopic (exact) mass is 369 g/mol. The maximum absolute atomic E-state index is 12.4. The van der Waals surface area contributed by atoms with Crippen molar-refractivity contribution in [2.75, 3.05) is 7.11 Å². The first kappa shape index (κ1) is 18.1. The number of nitrogens with zero attached hydrogens (tertiary/aromatic N) is 1. The predicted molar refractivity (Wildman–Crippen MR) is 96.0 cm³/mol. The largest absolute Gasteiger partial charge is 0.497 e. The van der Waals surface area contributed by atoms with Crippen molar-refractivity contribution in [3.05, 3.63) is 79.7 Å². The van der Waals surface area contributed by atoms with Crippen molar-refractivity contribution in [3.8, 4) is 5.75 Å². The third-order valence-corrected chi connectivity index (χ3v) is 4.12. The number of benzene rings is 2. The SMILES string of the molecule is COc1ccc2c(COC(=O)c3cccc([N+](=O)[O-])c3C)cc(=O)oc2c1. The number of nitro groups is 1. The maximum atomic E-state index is 12.4. The average molecular weight is 369 g/mol. The van der Waals surface area contributed by atoms with Gasteiger partial charge in [0.1, 0.15) is 17.9 Å². The summed E-state index contributed by atoms with van der Waals surface area (Å²) in [6.07, 6.45) is 0. The number of esters is 1. The van der Waals surface area contributed by atoms with Crippen LogP contribution in [0.1, 0.15) is 21.5 Å². The number of nitro benzene ring substituents is 1. The quantitative estimate of drug-likeness (QED) is 0.293. The van der Waals surface area contributed by atoms with Gasteiger partial charge < -0.3 is 13.9 Å². The molecule has 1 heterocycles. The highest BCUT2D eigenvalue weighted by Gasteiger charge is 2.19. The molecule has 138 valence electrons. The van der Waals surface area contributed by atoms with Crippen molar-refractivity contribution in [3.63, 3.8) is 0 Å². The van der Waals surface area contributed by atoms with Crippen LogP contribution in [0.25, 0.3) is 11.0 Å². The molecule has 0 saturated carbocycles. The summed E-state index contributed by atoms with van der Waals surface area (Å²) < 4.78 is 15.5. The summed E-state index contributed by atoms with van der Waals surface area (Å²) >= 11 is 0. The van der Waals surface area contributed by atoms with Gasteiger partial charge in [0, 0.05) is 34.7 Å². The van der Waals surface area contributed by atoms with Gasteiger partial charge in [0.15, 0.2) is 0 Å². The van der Waals surface area contributed by atoms with Crippen molar-refractivity contribution in [1.82, 2.24) is 0 Å². The summed E-state index contributed by atoms with van der Waals surface area (Å²) in [5.74, 6) is -0.196. The van der Waals surface area contributed by atoms with E-state index in [2.05, 4.69) is 0 Å². The number of hydrogen-bond acceptors (Lipinski definition) is 7. The van der Waals surface area contributed by atoms with Crippen molar-refractivity contribution < 1.29 is 23.6 Å². The highest BCUT2D eigenvalue weighted by molar-refractivity contribution is 5.92. The van der Waals surface area contributed by atoms with Gasteiger partial charge in [-0.25, -0.2) is 9.59 Å². The van der Waals surface area contributed by atoms with Crippen molar-refractivity contribution in [2.45, 2.75) is 13.5 Å². The smallest absolute Gasteiger partial charge is 0.338 e. The lowest BCUT2D eigenvalue weighted by molar-refractivity contribution is -0.385. The Morgan fingerprint density at radius 3 is 2.70 bits per heavy atom. The van der Waals surface area contributed by atoms with E-state index in [1.807, 2.05) is 0 Å². The summed E-state index contributed by atoms with van der Waals surface area (Å²) in [6.45, 7) is 1.29. The molecular weight excluding hydrogens is 354 g/mol. The predicted octanol–water partition coefficient (Wildman–Crippen LogP) is 3.38. The van der Waals surface area contributed by atoms with Gasteiger partial charge in [-0.15, -0.1) is 0 Å². The number of methoxy groups -OCH3 is 1. The Hall–Kier alpha value is -3.68. The first-order valence-electron chi connectivity index (χ1n) is 7.92. The lowest BCUT2D eigenvalue weighted by Crippen LogP contribution is -2.10. The van der Waals surface area contributed by atoms with Gasteiger partial charge >= 0.3 is 11.6 Å². The molecule has 0 aliphatic carbocycles. The molecule has 1 aromatic heterocycles. The van der Waals surface area contributed by atoms with E-state index in [4.69, 9.17) is 13.9 Å². The molecule has 0 aliphatic rings. The van der Waals surface area contributed by atoms with E-state index < -0.39 is 16.5 Å². The molecular formula is C19H15NO7. The van der Waals surface area contributed by atoms with Crippen LogP contribution in [0.15, 0.2) is 51.7 Å². The number of carbonyl (C=O) groups is 1. The van der Waals surface area contributed by atoms with Gasteiger partial charge in [0.05, 0.1) is 17.6 Å². The summed E-state index contributed by atoms with van der Waals surface area (Å²) in [6, 6.07) is 10.4. The summed E-state index contributed by atoms with van der Waals surface area (Å²) in [5.41, 5.74) is 0.322. The molecule has 3 rings (SSSR count). The minimum absolute atomic E-state index is 0.0955. The van der Waals surface area contributed by atoms with Crippen molar-refractivity contribution >= 4 is 22.6 Å². The zero-order chi connectivity index (χ0) is 19.6. The highest BCUT2D eigenvalue weighted by Crippen LogP contribution is 2.25. The fourth-order valence-corrected chi connectivity index (χ4v) is 2.72. The molecule has 0 aliphatic heterocycles. The molecule has 3 aromatic rings. The van der Waals surface area contributed by atoms with Crippen LogP contribution in [-0.4, -0.2) is 18.0 Å². The Morgan fingerprint density at radius 1 is 1.22 bits per heavy atom. The molecule has 0 atom stereocenters. The molecule has 2 aromatic carbocycles.